The first-order valence-electron chi connectivity index (χ1n) is 10.5. The Balaban J connectivity index is 1.74. The van der Waals surface area contributed by atoms with E-state index in [-0.39, 0.29) is 18.4 Å². The average Bonchev–Trinajstić information content (AvgIpc) is 3.21. The number of aryl methyl sites for hydroxylation is 1. The van der Waals surface area contributed by atoms with Crippen molar-refractivity contribution in [3.8, 4) is 0 Å². The van der Waals surface area contributed by atoms with E-state index in [0.29, 0.717) is 37.5 Å². The lowest BCUT2D eigenvalue weighted by atomic mass is 9.96. The molecular formula is C21H32N4O3S. The Morgan fingerprint density at radius 3 is 2.62 bits per heavy atom. The van der Waals surface area contributed by atoms with Gasteiger partial charge in [0.1, 0.15) is 12.7 Å². The van der Waals surface area contributed by atoms with Crippen LogP contribution in [-0.2, 0) is 16.0 Å². The van der Waals surface area contributed by atoms with Crippen LogP contribution in [0.1, 0.15) is 41.9 Å². The Labute approximate surface area is 177 Å². The lowest BCUT2D eigenvalue weighted by molar-refractivity contribution is -0.148. The highest BCUT2D eigenvalue weighted by molar-refractivity contribution is 7.10. The molecule has 7 nitrogen and oxygen atoms in total. The predicted molar refractivity (Wildman–Crippen MR) is 114 cm³/mol. The van der Waals surface area contributed by atoms with Crippen molar-refractivity contribution in [2.24, 2.45) is 5.92 Å². The summed E-state index contributed by atoms with van der Waals surface area (Å²) in [5.74, 6) is 0.377. The molecule has 0 saturated carbocycles. The molecule has 0 bridgehead atoms. The molecule has 160 valence electrons. The van der Waals surface area contributed by atoms with Crippen molar-refractivity contribution in [1.29, 1.82) is 0 Å². The van der Waals surface area contributed by atoms with E-state index in [1.165, 1.54) is 9.78 Å². The van der Waals surface area contributed by atoms with Crippen LogP contribution in [0.2, 0.25) is 0 Å². The fraction of sp³-hybridized carbons (Fsp3) is 0.667. The molecule has 2 aliphatic heterocycles. The smallest absolute Gasteiger partial charge is 0.256 e. The molecule has 1 aromatic rings. The summed E-state index contributed by atoms with van der Waals surface area (Å²) in [6.07, 6.45) is 3.34. The van der Waals surface area contributed by atoms with Gasteiger partial charge in [0, 0.05) is 23.3 Å². The van der Waals surface area contributed by atoms with Gasteiger partial charge in [0.15, 0.2) is 0 Å². The highest BCUT2D eigenvalue weighted by atomic mass is 32.1. The van der Waals surface area contributed by atoms with E-state index in [1.807, 2.05) is 23.3 Å². The van der Waals surface area contributed by atoms with E-state index in [0.717, 1.165) is 32.4 Å². The number of carbonyl (C=O) groups is 3. The summed E-state index contributed by atoms with van der Waals surface area (Å²) in [6.45, 7) is 7.71. The average molecular weight is 421 g/mol. The van der Waals surface area contributed by atoms with Crippen LogP contribution >= 0.6 is 11.3 Å². The van der Waals surface area contributed by atoms with E-state index < -0.39 is 6.17 Å². The third-order valence-corrected chi connectivity index (χ3v) is 7.18. The van der Waals surface area contributed by atoms with Crippen LogP contribution in [0, 0.1) is 5.92 Å². The molecule has 29 heavy (non-hydrogen) atoms. The number of nitrogens with zero attached hydrogens (tertiary/aromatic N) is 4. The number of piperidine rings is 1. The molecule has 0 N–H and O–H groups in total. The third kappa shape index (κ3) is 4.98. The van der Waals surface area contributed by atoms with Crippen LogP contribution in [0.25, 0.3) is 0 Å². The second-order valence-corrected chi connectivity index (χ2v) is 9.05. The first-order chi connectivity index (χ1) is 14.0. The Morgan fingerprint density at radius 1 is 1.31 bits per heavy atom. The van der Waals surface area contributed by atoms with Crippen LogP contribution in [0.15, 0.2) is 11.4 Å². The predicted octanol–water partition coefficient (Wildman–Crippen LogP) is 1.74. The molecule has 8 heteroatoms. The lowest BCUT2D eigenvalue weighted by Crippen LogP contribution is -2.63. The molecular weight excluding hydrogens is 388 g/mol. The molecule has 1 unspecified atom stereocenters. The number of thiophene rings is 1. The van der Waals surface area contributed by atoms with Crippen molar-refractivity contribution in [3.05, 3.63) is 21.9 Å². The van der Waals surface area contributed by atoms with Gasteiger partial charge >= 0.3 is 0 Å². The van der Waals surface area contributed by atoms with Crippen molar-refractivity contribution >= 4 is 29.6 Å². The lowest BCUT2D eigenvalue weighted by Gasteiger charge is -2.45. The molecule has 1 atom stereocenters. The second-order valence-electron chi connectivity index (χ2n) is 8.05. The van der Waals surface area contributed by atoms with Gasteiger partial charge < -0.3 is 19.6 Å². The van der Waals surface area contributed by atoms with Gasteiger partial charge in [-0.05, 0) is 58.3 Å². The van der Waals surface area contributed by atoms with E-state index in [1.54, 1.807) is 16.2 Å². The van der Waals surface area contributed by atoms with Crippen LogP contribution in [-0.4, -0.2) is 90.3 Å². The number of piperazine rings is 1. The maximum Gasteiger partial charge on any atom is 0.256 e. The summed E-state index contributed by atoms with van der Waals surface area (Å²) >= 11 is 1.58. The van der Waals surface area contributed by atoms with Gasteiger partial charge in [-0.25, -0.2) is 0 Å². The zero-order valence-electron chi connectivity index (χ0n) is 17.7. The maximum atomic E-state index is 13.2. The maximum absolute atomic E-state index is 13.2. The second kappa shape index (κ2) is 9.71. The molecule has 2 aliphatic rings. The van der Waals surface area contributed by atoms with E-state index >= 15 is 0 Å². The molecule has 0 aliphatic carbocycles. The summed E-state index contributed by atoms with van der Waals surface area (Å²) in [6, 6.07) is 1.94. The van der Waals surface area contributed by atoms with Gasteiger partial charge in [-0.1, -0.05) is 6.92 Å². The van der Waals surface area contributed by atoms with Crippen molar-refractivity contribution in [3.63, 3.8) is 0 Å². The Kier molecular flexibility index (Phi) is 7.29. The normalized spacial score (nSPS) is 21.5. The minimum absolute atomic E-state index is 0.0282. The van der Waals surface area contributed by atoms with Gasteiger partial charge in [0.05, 0.1) is 12.1 Å². The molecule has 0 radical (unpaired) electrons. The van der Waals surface area contributed by atoms with Gasteiger partial charge in [-0.15, -0.1) is 11.3 Å². The molecule has 3 amide bonds. The van der Waals surface area contributed by atoms with Crippen LogP contribution in [0.3, 0.4) is 0 Å². The highest BCUT2D eigenvalue weighted by Crippen LogP contribution is 2.23. The Hall–Kier alpha value is -1.93. The monoisotopic (exact) mass is 420 g/mol. The fourth-order valence-corrected chi connectivity index (χ4v) is 5.03. The quantitative estimate of drug-likeness (QED) is 0.631. The number of amides is 3. The number of carbonyl (C=O) groups excluding carboxylic acids is 3. The first kappa shape index (κ1) is 21.8. The number of hydrogen-bond acceptors (Lipinski definition) is 5. The van der Waals surface area contributed by atoms with Crippen LogP contribution in [0.4, 0.5) is 0 Å². The van der Waals surface area contributed by atoms with E-state index in [9.17, 15) is 14.4 Å². The van der Waals surface area contributed by atoms with Gasteiger partial charge in [0.2, 0.25) is 12.3 Å². The standard InChI is InChI=1S/C21H32N4O3S/c1-4-18-10-17(14-29-18)21(28)25(5-2)19-12-23(20(27)13-24(19)15-26)11-16-6-8-22(3)9-7-16/h10,14-16,19H,4-9,11-13H2,1-3H3. The fourth-order valence-electron chi connectivity index (χ4n) is 4.22. The van der Waals surface area contributed by atoms with E-state index in [2.05, 4.69) is 18.9 Å². The van der Waals surface area contributed by atoms with E-state index in [4.69, 9.17) is 0 Å². The molecule has 0 aromatic carbocycles. The molecule has 1 aromatic heterocycles. The van der Waals surface area contributed by atoms with Crippen molar-refractivity contribution < 1.29 is 14.4 Å². The molecule has 2 saturated heterocycles. The number of likely N-dealkylation sites (N-methyl/N-ethyl adjacent to an activating group) is 1. The number of likely N-dealkylation sites (tertiary alicyclic amines) is 1. The van der Waals surface area contributed by atoms with Crippen LogP contribution in [0.5, 0.6) is 0 Å². The van der Waals surface area contributed by atoms with Crippen molar-refractivity contribution in [1.82, 2.24) is 19.6 Å². The molecule has 0 spiro atoms. The van der Waals surface area contributed by atoms with Gasteiger partial charge in [0.25, 0.3) is 5.91 Å². The van der Waals surface area contributed by atoms with Gasteiger partial charge in [-0.2, -0.15) is 0 Å². The summed E-state index contributed by atoms with van der Waals surface area (Å²) in [4.78, 5) is 46.0. The molecule has 2 fully saturated rings. The number of rotatable bonds is 7. The minimum atomic E-state index is -0.418. The zero-order chi connectivity index (χ0) is 21.0. The van der Waals surface area contributed by atoms with Gasteiger partial charge in [-0.3, -0.25) is 14.4 Å². The SMILES string of the molecule is CCc1cc(C(=O)N(CC)C2CN(CC3CCN(C)CC3)C(=O)CN2C=O)cs1. The Bertz CT molecular complexity index is 729. The summed E-state index contributed by atoms with van der Waals surface area (Å²) in [5, 5.41) is 1.89. The summed E-state index contributed by atoms with van der Waals surface area (Å²) in [7, 11) is 2.12. The van der Waals surface area contributed by atoms with Crippen LogP contribution < -0.4 is 0 Å². The largest absolute Gasteiger partial charge is 0.337 e. The molecule has 3 rings (SSSR count). The summed E-state index contributed by atoms with van der Waals surface area (Å²) in [5.41, 5.74) is 0.665. The minimum Gasteiger partial charge on any atom is -0.337 e. The highest BCUT2D eigenvalue weighted by Gasteiger charge is 2.37. The molecule has 3 heterocycles. The summed E-state index contributed by atoms with van der Waals surface area (Å²) < 4.78 is 0. The van der Waals surface area contributed by atoms with Crippen molar-refractivity contribution in [2.75, 3.05) is 46.3 Å². The number of hydrogen-bond donors (Lipinski definition) is 0. The Morgan fingerprint density at radius 2 is 2.03 bits per heavy atom. The zero-order valence-corrected chi connectivity index (χ0v) is 18.5. The topological polar surface area (TPSA) is 64.2 Å². The first-order valence-corrected chi connectivity index (χ1v) is 11.4. The van der Waals surface area contributed by atoms with Crippen molar-refractivity contribution in [2.45, 2.75) is 39.3 Å². The third-order valence-electron chi connectivity index (χ3n) is 6.10.